The first-order chi connectivity index (χ1) is 10.7. The Bertz CT molecular complexity index is 684. The third kappa shape index (κ3) is 4.63. The number of piperidine rings is 1. The molecule has 0 unspecified atom stereocenters. The van der Waals surface area contributed by atoms with Crippen molar-refractivity contribution < 1.29 is 13.3 Å². The first kappa shape index (κ1) is 17.6. The van der Waals surface area contributed by atoms with Crippen molar-refractivity contribution >= 4 is 21.4 Å². The van der Waals surface area contributed by atoms with Gasteiger partial charge in [0.2, 0.25) is 10.0 Å². The molecule has 1 heterocycles. The summed E-state index contributed by atoms with van der Waals surface area (Å²) in [5.41, 5.74) is 0.212. The number of likely N-dealkylation sites (tertiary alicyclic amines) is 1. The number of nitro groups is 1. The summed E-state index contributed by atoms with van der Waals surface area (Å²) in [7, 11) is -0.101. The number of sulfonamides is 1. The molecule has 0 aliphatic carbocycles. The minimum Gasteiger partial charge on any atom is -0.374 e. The minimum absolute atomic E-state index is 0.239. The van der Waals surface area contributed by atoms with Gasteiger partial charge in [0, 0.05) is 31.4 Å². The average Bonchev–Trinajstić information content (AvgIpc) is 2.48. The van der Waals surface area contributed by atoms with Gasteiger partial charge in [0.15, 0.2) is 0 Å². The van der Waals surface area contributed by atoms with Crippen molar-refractivity contribution in [3.8, 4) is 0 Å². The minimum atomic E-state index is -3.99. The first-order valence-electron chi connectivity index (χ1n) is 7.39. The van der Waals surface area contributed by atoms with Crippen molar-refractivity contribution in [2.24, 2.45) is 11.1 Å². The van der Waals surface area contributed by atoms with Gasteiger partial charge in [-0.3, -0.25) is 10.1 Å². The Hall–Kier alpha value is -1.71. The summed E-state index contributed by atoms with van der Waals surface area (Å²) < 4.78 is 23.1. The molecule has 1 aliphatic rings. The summed E-state index contributed by atoms with van der Waals surface area (Å²) in [4.78, 5) is 14.3. The van der Waals surface area contributed by atoms with Crippen molar-refractivity contribution in [3.63, 3.8) is 0 Å². The third-order valence-corrected chi connectivity index (χ3v) is 5.12. The number of nitrogens with two attached hydrogens (primary N) is 1. The number of hydrogen-bond donors (Lipinski definition) is 1. The molecule has 23 heavy (non-hydrogen) atoms. The van der Waals surface area contributed by atoms with Gasteiger partial charge in [-0.25, -0.2) is 13.6 Å². The van der Waals surface area contributed by atoms with Gasteiger partial charge >= 0.3 is 0 Å². The van der Waals surface area contributed by atoms with Crippen LogP contribution in [0.3, 0.4) is 0 Å². The molecular weight excluding hydrogens is 320 g/mol. The molecule has 1 aromatic carbocycles. The second-order valence-corrected chi connectivity index (χ2v) is 7.68. The van der Waals surface area contributed by atoms with E-state index in [9.17, 15) is 18.5 Å². The lowest BCUT2D eigenvalue weighted by Gasteiger charge is -2.32. The van der Waals surface area contributed by atoms with E-state index in [1.807, 2.05) is 11.9 Å². The van der Waals surface area contributed by atoms with Crippen molar-refractivity contribution in [1.82, 2.24) is 4.90 Å². The number of nitro benzene ring substituents is 1. The number of primary sulfonamides is 1. The van der Waals surface area contributed by atoms with E-state index in [2.05, 4.69) is 11.9 Å². The molecule has 1 aliphatic heterocycles. The van der Waals surface area contributed by atoms with Crippen LogP contribution in [0.2, 0.25) is 0 Å². The zero-order valence-corrected chi connectivity index (χ0v) is 14.1. The van der Waals surface area contributed by atoms with Gasteiger partial charge in [0.1, 0.15) is 0 Å². The predicted molar refractivity (Wildman–Crippen MR) is 88.0 cm³/mol. The van der Waals surface area contributed by atoms with E-state index in [1.165, 1.54) is 12.1 Å². The molecule has 1 fully saturated rings. The lowest BCUT2D eigenvalue weighted by Crippen LogP contribution is -2.35. The van der Waals surface area contributed by atoms with Gasteiger partial charge in [-0.2, -0.15) is 0 Å². The fourth-order valence-electron chi connectivity index (χ4n) is 2.80. The largest absolute Gasteiger partial charge is 0.374 e. The van der Waals surface area contributed by atoms with Crippen LogP contribution in [0.5, 0.6) is 0 Å². The van der Waals surface area contributed by atoms with E-state index in [4.69, 9.17) is 5.14 Å². The average molecular weight is 342 g/mol. The molecule has 2 N–H and O–H groups in total. The van der Waals surface area contributed by atoms with E-state index in [-0.39, 0.29) is 10.6 Å². The van der Waals surface area contributed by atoms with E-state index in [0.29, 0.717) is 11.6 Å². The van der Waals surface area contributed by atoms with Gasteiger partial charge in [-0.1, -0.05) is 0 Å². The van der Waals surface area contributed by atoms with Gasteiger partial charge < -0.3 is 9.80 Å². The lowest BCUT2D eigenvalue weighted by molar-refractivity contribution is -0.385. The Morgan fingerprint density at radius 1 is 1.35 bits per heavy atom. The maximum atomic E-state index is 11.5. The number of hydrogen-bond acceptors (Lipinski definition) is 6. The summed E-state index contributed by atoms with van der Waals surface area (Å²) >= 11 is 0. The Balaban J connectivity index is 2.23. The van der Waals surface area contributed by atoms with E-state index >= 15 is 0 Å². The van der Waals surface area contributed by atoms with Gasteiger partial charge in [-0.05, 0) is 45.0 Å². The molecule has 0 atom stereocenters. The molecule has 0 radical (unpaired) electrons. The number of anilines is 1. The monoisotopic (exact) mass is 342 g/mol. The van der Waals surface area contributed by atoms with Crippen LogP contribution >= 0.6 is 0 Å². The van der Waals surface area contributed by atoms with E-state index in [1.54, 1.807) is 0 Å². The van der Waals surface area contributed by atoms with Crippen LogP contribution in [-0.4, -0.2) is 52.0 Å². The molecule has 2 rings (SSSR count). The van der Waals surface area contributed by atoms with Crippen LogP contribution in [0.4, 0.5) is 11.4 Å². The zero-order valence-electron chi connectivity index (χ0n) is 13.3. The zero-order chi connectivity index (χ0) is 17.2. The van der Waals surface area contributed by atoms with Crippen LogP contribution in [-0.2, 0) is 10.0 Å². The summed E-state index contributed by atoms with van der Waals surface area (Å²) in [6.45, 7) is 2.77. The van der Waals surface area contributed by atoms with Crippen molar-refractivity contribution in [2.75, 3.05) is 38.6 Å². The van der Waals surface area contributed by atoms with Crippen molar-refractivity contribution in [2.45, 2.75) is 17.7 Å². The molecule has 1 aromatic rings. The fourth-order valence-corrected chi connectivity index (χ4v) is 3.37. The van der Waals surface area contributed by atoms with E-state index < -0.39 is 14.9 Å². The first-order valence-corrected chi connectivity index (χ1v) is 8.93. The van der Waals surface area contributed by atoms with Crippen LogP contribution in [0.25, 0.3) is 0 Å². The Kier molecular flexibility index (Phi) is 5.23. The molecule has 1 saturated heterocycles. The summed E-state index contributed by atoms with van der Waals surface area (Å²) in [5.74, 6) is 0.480. The SMILES string of the molecule is CN1CCC(CN(C)c2cc([N+](=O)[O-])cc(S(N)(=O)=O)c2)CC1. The third-order valence-electron chi connectivity index (χ3n) is 4.23. The van der Waals surface area contributed by atoms with Gasteiger partial charge in [-0.15, -0.1) is 0 Å². The molecule has 128 valence electrons. The maximum absolute atomic E-state index is 11.5. The number of nitrogens with zero attached hydrogens (tertiary/aromatic N) is 3. The molecular formula is C14H22N4O4S. The lowest BCUT2D eigenvalue weighted by atomic mass is 9.96. The Morgan fingerprint density at radius 2 is 1.96 bits per heavy atom. The predicted octanol–water partition coefficient (Wildman–Crippen LogP) is 1.02. The van der Waals surface area contributed by atoms with Gasteiger partial charge in [0.05, 0.1) is 9.82 Å². The second-order valence-electron chi connectivity index (χ2n) is 6.11. The molecule has 0 amide bonds. The quantitative estimate of drug-likeness (QED) is 0.632. The van der Waals surface area contributed by atoms with Crippen LogP contribution in [0.1, 0.15) is 12.8 Å². The van der Waals surface area contributed by atoms with Crippen LogP contribution < -0.4 is 10.0 Å². The molecule has 0 saturated carbocycles. The highest BCUT2D eigenvalue weighted by Gasteiger charge is 2.21. The summed E-state index contributed by atoms with van der Waals surface area (Å²) in [5, 5.41) is 16.1. The smallest absolute Gasteiger partial charge is 0.272 e. The highest BCUT2D eigenvalue weighted by Crippen LogP contribution is 2.27. The summed E-state index contributed by atoms with van der Waals surface area (Å²) in [6.07, 6.45) is 2.11. The van der Waals surface area contributed by atoms with Crippen molar-refractivity contribution in [3.05, 3.63) is 28.3 Å². The second kappa shape index (κ2) is 6.81. The molecule has 8 nitrogen and oxygen atoms in total. The number of non-ortho nitro benzene ring substituents is 1. The molecule has 0 spiro atoms. The highest BCUT2D eigenvalue weighted by atomic mass is 32.2. The highest BCUT2D eigenvalue weighted by molar-refractivity contribution is 7.89. The van der Waals surface area contributed by atoms with Crippen LogP contribution in [0.15, 0.2) is 23.1 Å². The normalized spacial score (nSPS) is 17.2. The maximum Gasteiger partial charge on any atom is 0.272 e. The topological polar surface area (TPSA) is 110 Å². The molecule has 9 heteroatoms. The standard InChI is InChI=1S/C14H22N4O4S/c1-16-5-3-11(4-6-16)10-17(2)12-7-13(18(19)20)9-14(8-12)23(15,21)22/h7-9,11H,3-6,10H2,1-2H3,(H2,15,21,22). The van der Waals surface area contributed by atoms with Crippen LogP contribution in [0, 0.1) is 16.0 Å². The van der Waals surface area contributed by atoms with Crippen molar-refractivity contribution in [1.29, 1.82) is 0 Å². The molecule has 0 bridgehead atoms. The Labute approximate surface area is 136 Å². The fraction of sp³-hybridized carbons (Fsp3) is 0.571. The Morgan fingerprint density at radius 3 is 2.48 bits per heavy atom. The molecule has 0 aromatic heterocycles. The van der Waals surface area contributed by atoms with E-state index in [0.717, 1.165) is 38.5 Å². The number of benzene rings is 1. The summed E-state index contributed by atoms with van der Waals surface area (Å²) in [6, 6.07) is 3.75. The number of rotatable bonds is 5. The van der Waals surface area contributed by atoms with Gasteiger partial charge in [0.25, 0.3) is 5.69 Å².